The maximum Gasteiger partial charge on any atom is 0.195 e. The number of ether oxygens (including phenoxy) is 2. The molecular weight excluding hydrogens is 368 g/mol. The van der Waals surface area contributed by atoms with E-state index >= 15 is 0 Å². The van der Waals surface area contributed by atoms with Crippen LogP contribution in [0.3, 0.4) is 0 Å². The molecule has 1 unspecified atom stereocenters. The second-order valence-electron chi connectivity index (χ2n) is 6.92. The molecule has 7 heteroatoms. The van der Waals surface area contributed by atoms with Crippen LogP contribution in [0.25, 0.3) is 0 Å². The monoisotopic (exact) mass is 400 g/mol. The molecule has 2 aromatic rings. The lowest BCUT2D eigenvalue weighted by atomic mass is 10.2. The molecule has 1 fully saturated rings. The van der Waals surface area contributed by atoms with Gasteiger partial charge in [-0.15, -0.1) is 0 Å². The van der Waals surface area contributed by atoms with Crippen molar-refractivity contribution in [3.8, 4) is 11.5 Å². The molecule has 1 aliphatic rings. The minimum absolute atomic E-state index is 0.151. The van der Waals surface area contributed by atoms with E-state index in [1.54, 1.807) is 13.4 Å². The van der Waals surface area contributed by atoms with Crippen molar-refractivity contribution >= 4 is 11.6 Å². The summed E-state index contributed by atoms with van der Waals surface area (Å²) in [7, 11) is 1.64. The first kappa shape index (κ1) is 21.0. The number of likely N-dealkylation sites (tertiary alicyclic amines) is 1. The largest absolute Gasteiger partial charge is 0.493 e. The van der Waals surface area contributed by atoms with Crippen molar-refractivity contribution in [3.63, 3.8) is 0 Å². The summed E-state index contributed by atoms with van der Waals surface area (Å²) in [6.07, 6.45) is 4.19. The lowest BCUT2D eigenvalue weighted by Crippen LogP contribution is -2.33. The number of methoxy groups -OCH3 is 1. The summed E-state index contributed by atoms with van der Waals surface area (Å²) < 4.78 is 16.8. The van der Waals surface area contributed by atoms with Gasteiger partial charge in [0.05, 0.1) is 32.6 Å². The molecule has 7 nitrogen and oxygen atoms in total. The third-order valence-electron chi connectivity index (χ3n) is 4.95. The molecule has 0 amide bonds. The summed E-state index contributed by atoms with van der Waals surface area (Å²) in [5.41, 5.74) is 0.893. The van der Waals surface area contributed by atoms with Gasteiger partial charge in [0, 0.05) is 18.3 Å². The van der Waals surface area contributed by atoms with Crippen LogP contribution in [-0.4, -0.2) is 50.8 Å². The van der Waals surface area contributed by atoms with Crippen molar-refractivity contribution in [2.24, 2.45) is 4.99 Å². The first-order valence-electron chi connectivity index (χ1n) is 10.4. The summed E-state index contributed by atoms with van der Waals surface area (Å²) in [6, 6.07) is 9.91. The van der Waals surface area contributed by atoms with Crippen LogP contribution in [0.5, 0.6) is 11.5 Å². The van der Waals surface area contributed by atoms with Crippen LogP contribution in [0.15, 0.2) is 46.0 Å². The van der Waals surface area contributed by atoms with Gasteiger partial charge in [0.1, 0.15) is 5.76 Å². The van der Waals surface area contributed by atoms with Gasteiger partial charge >= 0.3 is 0 Å². The van der Waals surface area contributed by atoms with Crippen molar-refractivity contribution < 1.29 is 13.9 Å². The van der Waals surface area contributed by atoms with Gasteiger partial charge in [-0.3, -0.25) is 9.89 Å². The van der Waals surface area contributed by atoms with E-state index in [-0.39, 0.29) is 6.04 Å². The maximum absolute atomic E-state index is 5.70. The highest BCUT2D eigenvalue weighted by atomic mass is 16.5. The van der Waals surface area contributed by atoms with Crippen molar-refractivity contribution in [2.45, 2.75) is 32.7 Å². The number of rotatable bonds is 9. The molecule has 3 rings (SSSR count). The van der Waals surface area contributed by atoms with Crippen LogP contribution in [0.4, 0.5) is 5.69 Å². The number of hydrogen-bond donors (Lipinski definition) is 2. The molecule has 2 N–H and O–H groups in total. The fraction of sp³-hybridized carbons (Fsp3) is 0.500. The first-order chi connectivity index (χ1) is 14.2. The van der Waals surface area contributed by atoms with E-state index in [0.29, 0.717) is 24.7 Å². The highest BCUT2D eigenvalue weighted by molar-refractivity contribution is 5.93. The van der Waals surface area contributed by atoms with Crippen LogP contribution in [0, 0.1) is 0 Å². The number of guanidine groups is 1. The lowest BCUT2D eigenvalue weighted by Gasteiger charge is -2.24. The molecule has 0 saturated carbocycles. The molecule has 0 radical (unpaired) electrons. The Morgan fingerprint density at radius 2 is 2.03 bits per heavy atom. The minimum atomic E-state index is 0.151. The average molecular weight is 401 g/mol. The van der Waals surface area contributed by atoms with Gasteiger partial charge in [0.25, 0.3) is 0 Å². The van der Waals surface area contributed by atoms with E-state index in [9.17, 15) is 0 Å². The number of hydrogen-bond acceptors (Lipinski definition) is 5. The third kappa shape index (κ3) is 5.67. The maximum atomic E-state index is 5.70. The Morgan fingerprint density at radius 3 is 2.69 bits per heavy atom. The zero-order valence-electron chi connectivity index (χ0n) is 17.6. The number of furan rings is 1. The number of benzene rings is 1. The Bertz CT molecular complexity index is 770. The molecule has 1 aliphatic heterocycles. The Balaban J connectivity index is 1.75. The fourth-order valence-corrected chi connectivity index (χ4v) is 3.56. The number of nitrogens with one attached hydrogen (secondary N) is 2. The van der Waals surface area contributed by atoms with Crippen molar-refractivity contribution in [2.75, 3.05) is 45.2 Å². The molecule has 0 aliphatic carbocycles. The van der Waals surface area contributed by atoms with Gasteiger partial charge < -0.3 is 24.5 Å². The third-order valence-corrected chi connectivity index (χ3v) is 4.95. The van der Waals surface area contributed by atoms with Gasteiger partial charge in [0.2, 0.25) is 0 Å². The van der Waals surface area contributed by atoms with Gasteiger partial charge in [-0.25, -0.2) is 0 Å². The SMILES string of the molecule is CCNC(=NCC(c1ccco1)N1CCCC1)Nc1ccc(OC)c(OCC)c1. The average Bonchev–Trinajstić information content (AvgIpc) is 3.44. The molecule has 1 aromatic heterocycles. The summed E-state index contributed by atoms with van der Waals surface area (Å²) in [5, 5.41) is 6.70. The van der Waals surface area contributed by atoms with Crippen LogP contribution >= 0.6 is 0 Å². The van der Waals surface area contributed by atoms with Gasteiger partial charge in [0.15, 0.2) is 17.5 Å². The fourth-order valence-electron chi connectivity index (χ4n) is 3.56. The van der Waals surface area contributed by atoms with Crippen molar-refractivity contribution in [1.29, 1.82) is 0 Å². The molecule has 2 heterocycles. The van der Waals surface area contributed by atoms with E-state index in [1.165, 1.54) is 12.8 Å². The van der Waals surface area contributed by atoms with E-state index in [1.807, 2.05) is 37.3 Å². The summed E-state index contributed by atoms with van der Waals surface area (Å²) in [4.78, 5) is 7.30. The van der Waals surface area contributed by atoms with Crippen LogP contribution in [0.1, 0.15) is 38.5 Å². The van der Waals surface area contributed by atoms with Crippen LogP contribution in [-0.2, 0) is 0 Å². The molecule has 0 spiro atoms. The molecule has 158 valence electrons. The molecular formula is C22H32N4O3. The highest BCUT2D eigenvalue weighted by Gasteiger charge is 2.25. The number of aliphatic imine (C=N–C) groups is 1. The first-order valence-corrected chi connectivity index (χ1v) is 10.4. The Morgan fingerprint density at radius 1 is 1.21 bits per heavy atom. The van der Waals surface area contributed by atoms with Crippen LogP contribution < -0.4 is 20.1 Å². The van der Waals surface area contributed by atoms with E-state index < -0.39 is 0 Å². The van der Waals surface area contributed by atoms with Gasteiger partial charge in [-0.1, -0.05) is 0 Å². The Labute approximate surface area is 173 Å². The molecule has 0 bridgehead atoms. The molecule has 29 heavy (non-hydrogen) atoms. The highest BCUT2D eigenvalue weighted by Crippen LogP contribution is 2.30. The lowest BCUT2D eigenvalue weighted by molar-refractivity contribution is 0.221. The van der Waals surface area contributed by atoms with Crippen molar-refractivity contribution in [1.82, 2.24) is 10.2 Å². The van der Waals surface area contributed by atoms with E-state index in [0.717, 1.165) is 37.0 Å². The predicted molar refractivity (Wildman–Crippen MR) is 116 cm³/mol. The number of anilines is 1. The normalized spacial score (nSPS) is 15.9. The quantitative estimate of drug-likeness (QED) is 0.491. The smallest absolute Gasteiger partial charge is 0.195 e. The second kappa shape index (κ2) is 10.8. The number of nitrogens with zero attached hydrogens (tertiary/aromatic N) is 2. The van der Waals surface area contributed by atoms with E-state index in [4.69, 9.17) is 18.9 Å². The molecule has 1 atom stereocenters. The minimum Gasteiger partial charge on any atom is -0.493 e. The molecule has 1 saturated heterocycles. The predicted octanol–water partition coefficient (Wildman–Crippen LogP) is 3.90. The zero-order chi connectivity index (χ0) is 20.5. The summed E-state index contributed by atoms with van der Waals surface area (Å²) in [6.45, 7) is 8.16. The van der Waals surface area contributed by atoms with Gasteiger partial charge in [-0.05, 0) is 64.0 Å². The Hall–Kier alpha value is -2.67. The second-order valence-corrected chi connectivity index (χ2v) is 6.92. The van der Waals surface area contributed by atoms with Crippen molar-refractivity contribution in [3.05, 3.63) is 42.4 Å². The summed E-state index contributed by atoms with van der Waals surface area (Å²) in [5.74, 6) is 3.12. The zero-order valence-corrected chi connectivity index (χ0v) is 17.6. The summed E-state index contributed by atoms with van der Waals surface area (Å²) >= 11 is 0. The standard InChI is InChI=1S/C22H32N4O3/c1-4-23-22(25-17-10-11-20(27-3)21(15-17)28-5-2)24-16-18(19-9-8-14-29-19)26-12-6-7-13-26/h8-11,14-15,18H,4-7,12-13,16H2,1-3H3,(H2,23,24,25). The van der Waals surface area contributed by atoms with Gasteiger partial charge in [-0.2, -0.15) is 0 Å². The molecule has 1 aromatic carbocycles. The Kier molecular flexibility index (Phi) is 7.81. The van der Waals surface area contributed by atoms with Crippen LogP contribution in [0.2, 0.25) is 0 Å². The topological polar surface area (TPSA) is 71.3 Å². The van der Waals surface area contributed by atoms with E-state index in [2.05, 4.69) is 22.5 Å².